The van der Waals surface area contributed by atoms with E-state index in [-0.39, 0.29) is 0 Å². The first-order valence-electron chi connectivity index (χ1n) is 7.86. The minimum atomic E-state index is 0.579. The summed E-state index contributed by atoms with van der Waals surface area (Å²) in [6, 6.07) is 5.64. The standard InChI is InChI=1S/C15H18N4O2.C2H6/c1-20-15-3-2-11(9-18-15)12-10-17-14(8-13(12)16)19-4-6-21-7-5-19;1-2/h2-3,8-10H,4-7H2,1H3,(H2,16,17);1-2H3. The molecule has 0 aromatic carbocycles. The van der Waals surface area contributed by atoms with Crippen molar-refractivity contribution in [1.29, 1.82) is 0 Å². The molecule has 2 N–H and O–H groups in total. The van der Waals surface area contributed by atoms with Crippen LogP contribution in [0.4, 0.5) is 11.5 Å². The third-order valence-electron chi connectivity index (χ3n) is 3.51. The third kappa shape index (κ3) is 4.10. The number of methoxy groups -OCH3 is 1. The number of hydrogen-bond donors (Lipinski definition) is 1. The van der Waals surface area contributed by atoms with Gasteiger partial charge in [0, 0.05) is 54.4 Å². The molecule has 6 heteroatoms. The van der Waals surface area contributed by atoms with E-state index in [2.05, 4.69) is 14.9 Å². The number of aromatic nitrogens is 2. The lowest BCUT2D eigenvalue weighted by molar-refractivity contribution is 0.122. The number of nitrogen functional groups attached to an aromatic ring is 1. The van der Waals surface area contributed by atoms with Gasteiger partial charge in [0.15, 0.2) is 0 Å². The van der Waals surface area contributed by atoms with Crippen LogP contribution in [0.3, 0.4) is 0 Å². The van der Waals surface area contributed by atoms with Crippen molar-refractivity contribution in [2.24, 2.45) is 0 Å². The molecule has 0 amide bonds. The lowest BCUT2D eigenvalue weighted by atomic mass is 10.1. The summed E-state index contributed by atoms with van der Waals surface area (Å²) in [4.78, 5) is 10.9. The number of morpholine rings is 1. The molecule has 1 aliphatic rings. The third-order valence-corrected chi connectivity index (χ3v) is 3.51. The smallest absolute Gasteiger partial charge is 0.212 e. The number of nitrogens with two attached hydrogens (primary N) is 1. The highest BCUT2D eigenvalue weighted by atomic mass is 16.5. The van der Waals surface area contributed by atoms with Crippen molar-refractivity contribution in [3.05, 3.63) is 30.6 Å². The van der Waals surface area contributed by atoms with E-state index in [0.717, 1.165) is 43.2 Å². The Labute approximate surface area is 137 Å². The van der Waals surface area contributed by atoms with E-state index in [0.29, 0.717) is 11.6 Å². The molecule has 1 fully saturated rings. The van der Waals surface area contributed by atoms with Crippen LogP contribution in [0, 0.1) is 0 Å². The van der Waals surface area contributed by atoms with Crippen LogP contribution in [0.1, 0.15) is 13.8 Å². The maximum absolute atomic E-state index is 6.17. The molecule has 0 unspecified atom stereocenters. The predicted octanol–water partition coefficient (Wildman–Crippen LogP) is 2.60. The van der Waals surface area contributed by atoms with E-state index >= 15 is 0 Å². The molecule has 3 rings (SSSR count). The summed E-state index contributed by atoms with van der Waals surface area (Å²) in [7, 11) is 1.59. The number of ether oxygens (including phenoxy) is 2. The van der Waals surface area contributed by atoms with Crippen molar-refractivity contribution >= 4 is 11.5 Å². The Morgan fingerprint density at radius 1 is 1.13 bits per heavy atom. The summed E-state index contributed by atoms with van der Waals surface area (Å²) in [6.45, 7) is 7.14. The summed E-state index contributed by atoms with van der Waals surface area (Å²) in [6.07, 6.45) is 3.53. The molecule has 3 heterocycles. The van der Waals surface area contributed by atoms with Gasteiger partial charge in [-0.3, -0.25) is 0 Å². The molecule has 2 aromatic heterocycles. The molecule has 0 saturated carbocycles. The monoisotopic (exact) mass is 316 g/mol. The van der Waals surface area contributed by atoms with E-state index in [1.54, 1.807) is 19.5 Å². The van der Waals surface area contributed by atoms with Gasteiger partial charge in [-0.1, -0.05) is 13.8 Å². The molecular formula is C17H24N4O2. The molecule has 0 radical (unpaired) electrons. The van der Waals surface area contributed by atoms with E-state index < -0.39 is 0 Å². The first-order valence-corrected chi connectivity index (χ1v) is 7.86. The summed E-state index contributed by atoms with van der Waals surface area (Å²) < 4.78 is 10.4. The SMILES string of the molecule is CC.COc1ccc(-c2cnc(N3CCOCC3)cc2N)cn1. The first-order chi connectivity index (χ1) is 11.3. The van der Waals surface area contributed by atoms with E-state index in [4.69, 9.17) is 15.2 Å². The van der Waals surface area contributed by atoms with Crippen molar-refractivity contribution in [2.45, 2.75) is 13.8 Å². The molecule has 0 aliphatic carbocycles. The van der Waals surface area contributed by atoms with Crippen molar-refractivity contribution in [3.8, 4) is 17.0 Å². The van der Waals surface area contributed by atoms with Gasteiger partial charge in [-0.05, 0) is 6.07 Å². The fraction of sp³-hybridized carbons (Fsp3) is 0.412. The molecular weight excluding hydrogens is 292 g/mol. The van der Waals surface area contributed by atoms with Crippen molar-refractivity contribution in [2.75, 3.05) is 44.0 Å². The molecule has 1 aliphatic heterocycles. The Morgan fingerprint density at radius 3 is 2.43 bits per heavy atom. The van der Waals surface area contributed by atoms with Crippen LogP contribution in [0.25, 0.3) is 11.1 Å². The summed E-state index contributed by atoms with van der Waals surface area (Å²) in [5, 5.41) is 0. The van der Waals surface area contributed by atoms with Crippen LogP contribution < -0.4 is 15.4 Å². The van der Waals surface area contributed by atoms with Crippen LogP contribution in [0.2, 0.25) is 0 Å². The molecule has 6 nitrogen and oxygen atoms in total. The fourth-order valence-electron chi connectivity index (χ4n) is 2.33. The highest BCUT2D eigenvalue weighted by Gasteiger charge is 2.14. The average Bonchev–Trinajstić information content (AvgIpc) is 2.64. The Balaban J connectivity index is 0.000000924. The Kier molecular flexibility index (Phi) is 6.17. The van der Waals surface area contributed by atoms with Crippen molar-refractivity contribution in [3.63, 3.8) is 0 Å². The lowest BCUT2D eigenvalue weighted by Gasteiger charge is -2.28. The fourth-order valence-corrected chi connectivity index (χ4v) is 2.33. The second-order valence-electron chi connectivity index (χ2n) is 4.82. The van der Waals surface area contributed by atoms with Gasteiger partial charge in [-0.2, -0.15) is 0 Å². The molecule has 124 valence electrons. The van der Waals surface area contributed by atoms with Gasteiger partial charge in [-0.15, -0.1) is 0 Å². The van der Waals surface area contributed by atoms with Gasteiger partial charge >= 0.3 is 0 Å². The number of nitrogens with zero attached hydrogens (tertiary/aromatic N) is 3. The summed E-state index contributed by atoms with van der Waals surface area (Å²) in [5.74, 6) is 1.47. The lowest BCUT2D eigenvalue weighted by Crippen LogP contribution is -2.36. The van der Waals surface area contributed by atoms with E-state index in [1.165, 1.54) is 0 Å². The van der Waals surface area contributed by atoms with Crippen LogP contribution in [-0.2, 0) is 4.74 Å². The maximum atomic E-state index is 6.17. The largest absolute Gasteiger partial charge is 0.481 e. The van der Waals surface area contributed by atoms with Crippen molar-refractivity contribution < 1.29 is 9.47 Å². The Bertz CT molecular complexity index is 610. The second kappa shape index (κ2) is 8.33. The molecule has 0 spiro atoms. The van der Waals surface area contributed by atoms with Gasteiger partial charge in [0.2, 0.25) is 5.88 Å². The minimum Gasteiger partial charge on any atom is -0.481 e. The zero-order chi connectivity index (χ0) is 16.7. The van der Waals surface area contributed by atoms with Crippen LogP contribution in [-0.4, -0.2) is 43.4 Å². The average molecular weight is 316 g/mol. The summed E-state index contributed by atoms with van der Waals surface area (Å²) >= 11 is 0. The Hall–Kier alpha value is -2.34. The van der Waals surface area contributed by atoms with Gasteiger partial charge < -0.3 is 20.1 Å². The molecule has 2 aromatic rings. The van der Waals surface area contributed by atoms with Crippen LogP contribution >= 0.6 is 0 Å². The van der Waals surface area contributed by atoms with Gasteiger partial charge in [-0.25, -0.2) is 9.97 Å². The summed E-state index contributed by atoms with van der Waals surface area (Å²) in [5.41, 5.74) is 8.67. The van der Waals surface area contributed by atoms with E-state index in [9.17, 15) is 0 Å². The van der Waals surface area contributed by atoms with Crippen molar-refractivity contribution in [1.82, 2.24) is 9.97 Å². The zero-order valence-electron chi connectivity index (χ0n) is 14.0. The van der Waals surface area contributed by atoms with Gasteiger partial charge in [0.1, 0.15) is 5.82 Å². The quantitative estimate of drug-likeness (QED) is 0.938. The second-order valence-corrected chi connectivity index (χ2v) is 4.82. The van der Waals surface area contributed by atoms with Crippen LogP contribution in [0.5, 0.6) is 5.88 Å². The first kappa shape index (κ1) is 17.0. The normalized spacial score (nSPS) is 14.0. The number of rotatable bonds is 3. The Morgan fingerprint density at radius 2 is 1.87 bits per heavy atom. The molecule has 23 heavy (non-hydrogen) atoms. The number of hydrogen-bond acceptors (Lipinski definition) is 6. The predicted molar refractivity (Wildman–Crippen MR) is 92.8 cm³/mol. The maximum Gasteiger partial charge on any atom is 0.212 e. The van der Waals surface area contributed by atoms with Gasteiger partial charge in [0.25, 0.3) is 0 Å². The molecule has 0 bridgehead atoms. The number of pyridine rings is 2. The minimum absolute atomic E-state index is 0.579. The molecule has 1 saturated heterocycles. The van der Waals surface area contributed by atoms with Crippen LogP contribution in [0.15, 0.2) is 30.6 Å². The zero-order valence-corrected chi connectivity index (χ0v) is 14.0. The highest BCUT2D eigenvalue weighted by molar-refractivity contribution is 5.77. The van der Waals surface area contributed by atoms with Gasteiger partial charge in [0.05, 0.1) is 20.3 Å². The number of anilines is 2. The highest BCUT2D eigenvalue weighted by Crippen LogP contribution is 2.28. The molecule has 0 atom stereocenters. The topological polar surface area (TPSA) is 73.5 Å². The van der Waals surface area contributed by atoms with E-state index in [1.807, 2.05) is 32.0 Å².